The number of carbonyl (C=O) groups is 1. The number of nitrogens with one attached hydrogen (secondary N) is 1. The number of nitrogens with zero attached hydrogens (tertiary/aromatic N) is 2. The molecule has 0 spiro atoms. The molecule has 0 aliphatic rings. The van der Waals surface area contributed by atoms with Crippen molar-refractivity contribution in [1.82, 2.24) is 10.4 Å². The summed E-state index contributed by atoms with van der Waals surface area (Å²) in [6.07, 6.45) is 0.0731. The lowest BCUT2D eigenvalue weighted by atomic mass is 10.0. The fraction of sp³-hybridized carbons (Fsp3) is 0.179. The average molecular weight is 470 g/mol. The first-order valence-corrected chi connectivity index (χ1v) is 11.3. The molecule has 178 valence electrons. The SMILES string of the molecule is C/C(=N\NC(=O)c1cc(-c2ccc(OC(C)C)cc2)nc2ccc(C)cc12)c1cc(O)ccc1O. The molecule has 0 saturated carbocycles. The molecule has 1 amide bonds. The van der Waals surface area contributed by atoms with Gasteiger partial charge in [-0.2, -0.15) is 5.10 Å². The Morgan fingerprint density at radius 2 is 1.71 bits per heavy atom. The van der Waals surface area contributed by atoms with Crippen molar-refractivity contribution in [3.63, 3.8) is 0 Å². The highest BCUT2D eigenvalue weighted by Crippen LogP contribution is 2.28. The maximum atomic E-state index is 13.2. The van der Waals surface area contributed by atoms with Crippen LogP contribution in [0.25, 0.3) is 22.2 Å². The highest BCUT2D eigenvalue weighted by Gasteiger charge is 2.15. The van der Waals surface area contributed by atoms with Gasteiger partial charge in [-0.15, -0.1) is 0 Å². The van der Waals surface area contributed by atoms with Crippen LogP contribution in [0.2, 0.25) is 0 Å². The Hall–Kier alpha value is -4.39. The number of aryl methyl sites for hydroxylation is 1. The first-order valence-electron chi connectivity index (χ1n) is 11.3. The van der Waals surface area contributed by atoms with Crippen LogP contribution in [0.1, 0.15) is 42.3 Å². The van der Waals surface area contributed by atoms with Gasteiger partial charge >= 0.3 is 0 Å². The third-order valence-corrected chi connectivity index (χ3v) is 5.43. The number of aromatic hydroxyl groups is 2. The van der Waals surface area contributed by atoms with Crippen molar-refractivity contribution in [1.29, 1.82) is 0 Å². The second-order valence-electron chi connectivity index (χ2n) is 8.61. The van der Waals surface area contributed by atoms with Gasteiger partial charge in [0.05, 0.1) is 28.6 Å². The van der Waals surface area contributed by atoms with Crippen LogP contribution in [-0.2, 0) is 0 Å². The Morgan fingerprint density at radius 1 is 0.971 bits per heavy atom. The van der Waals surface area contributed by atoms with Crippen LogP contribution < -0.4 is 10.2 Å². The van der Waals surface area contributed by atoms with E-state index in [1.165, 1.54) is 18.2 Å². The first-order chi connectivity index (χ1) is 16.7. The van der Waals surface area contributed by atoms with Gasteiger partial charge in [0.15, 0.2) is 0 Å². The predicted octanol–water partition coefficient (Wildman–Crippen LogP) is 5.56. The zero-order valence-corrected chi connectivity index (χ0v) is 20.0. The molecule has 7 heteroatoms. The molecule has 0 bridgehead atoms. The van der Waals surface area contributed by atoms with E-state index in [9.17, 15) is 15.0 Å². The molecule has 7 nitrogen and oxygen atoms in total. The monoisotopic (exact) mass is 469 g/mol. The molecule has 35 heavy (non-hydrogen) atoms. The average Bonchev–Trinajstić information content (AvgIpc) is 2.83. The molecule has 0 fully saturated rings. The molecule has 0 atom stereocenters. The quantitative estimate of drug-likeness (QED) is 0.195. The van der Waals surface area contributed by atoms with E-state index in [0.29, 0.717) is 33.4 Å². The van der Waals surface area contributed by atoms with Crippen LogP contribution >= 0.6 is 0 Å². The zero-order valence-electron chi connectivity index (χ0n) is 20.0. The lowest BCUT2D eigenvalue weighted by Crippen LogP contribution is -2.20. The first kappa shape index (κ1) is 23.8. The number of fused-ring (bicyclic) bond motifs is 1. The molecule has 1 heterocycles. The fourth-order valence-corrected chi connectivity index (χ4v) is 3.72. The fourth-order valence-electron chi connectivity index (χ4n) is 3.72. The molecule has 3 N–H and O–H groups in total. The number of benzene rings is 3. The molecule has 4 rings (SSSR count). The largest absolute Gasteiger partial charge is 0.508 e. The van der Waals surface area contributed by atoms with Crippen LogP contribution in [0.15, 0.2) is 71.8 Å². The highest BCUT2D eigenvalue weighted by molar-refractivity contribution is 6.08. The lowest BCUT2D eigenvalue weighted by molar-refractivity contribution is 0.0956. The number of hydrazone groups is 1. The lowest BCUT2D eigenvalue weighted by Gasteiger charge is -2.12. The Bertz CT molecular complexity index is 1430. The number of pyridine rings is 1. The summed E-state index contributed by atoms with van der Waals surface area (Å²) < 4.78 is 5.72. The second kappa shape index (κ2) is 9.85. The van der Waals surface area contributed by atoms with Gasteiger partial charge in [-0.3, -0.25) is 4.79 Å². The summed E-state index contributed by atoms with van der Waals surface area (Å²) >= 11 is 0. The van der Waals surface area contributed by atoms with E-state index in [0.717, 1.165) is 16.9 Å². The van der Waals surface area contributed by atoms with E-state index in [2.05, 4.69) is 10.5 Å². The topological polar surface area (TPSA) is 104 Å². The van der Waals surface area contributed by atoms with E-state index in [-0.39, 0.29) is 17.6 Å². The normalized spacial score (nSPS) is 11.6. The van der Waals surface area contributed by atoms with Crippen molar-refractivity contribution < 1.29 is 19.7 Å². The molecule has 0 aliphatic carbocycles. The van der Waals surface area contributed by atoms with Crippen LogP contribution in [0, 0.1) is 6.92 Å². The van der Waals surface area contributed by atoms with Gasteiger partial charge in [0, 0.05) is 16.5 Å². The molecule has 3 aromatic carbocycles. The number of hydrogen-bond donors (Lipinski definition) is 3. The standard InChI is InChI=1S/C28H27N3O4/c1-16(2)35-21-9-6-19(7-10-21)26-15-24(23-13-17(3)5-11-25(23)29-26)28(34)31-30-18(4)22-14-20(32)8-12-27(22)33/h5-16,32-33H,1-4H3,(H,31,34)/b30-18+. The van der Waals surface area contributed by atoms with Gasteiger partial charge in [0.1, 0.15) is 17.2 Å². The number of phenols is 2. The van der Waals surface area contributed by atoms with Crippen LogP contribution in [-0.4, -0.2) is 32.9 Å². The summed E-state index contributed by atoms with van der Waals surface area (Å²) in [6.45, 7) is 7.53. The van der Waals surface area contributed by atoms with Gasteiger partial charge in [-0.05, 0) is 88.4 Å². The van der Waals surface area contributed by atoms with Crippen LogP contribution in [0.3, 0.4) is 0 Å². The molecular formula is C28H27N3O4. The number of carbonyl (C=O) groups excluding carboxylic acids is 1. The van der Waals surface area contributed by atoms with Gasteiger partial charge in [0.25, 0.3) is 5.91 Å². The summed E-state index contributed by atoms with van der Waals surface area (Å²) in [7, 11) is 0. The molecule has 0 saturated heterocycles. The third-order valence-electron chi connectivity index (χ3n) is 5.43. The minimum atomic E-state index is -0.414. The van der Waals surface area contributed by atoms with Crippen molar-refractivity contribution >= 4 is 22.5 Å². The van der Waals surface area contributed by atoms with E-state index >= 15 is 0 Å². The van der Waals surface area contributed by atoms with Crippen molar-refractivity contribution in [3.8, 4) is 28.5 Å². The number of ether oxygens (including phenoxy) is 1. The van der Waals surface area contributed by atoms with E-state index in [1.807, 2.05) is 63.2 Å². The predicted molar refractivity (Wildman–Crippen MR) is 137 cm³/mol. The summed E-state index contributed by atoms with van der Waals surface area (Å²) in [4.78, 5) is 18.0. The van der Waals surface area contributed by atoms with E-state index in [1.54, 1.807) is 13.0 Å². The van der Waals surface area contributed by atoms with E-state index in [4.69, 9.17) is 9.72 Å². The maximum absolute atomic E-state index is 13.2. The van der Waals surface area contributed by atoms with Crippen LogP contribution in [0.4, 0.5) is 0 Å². The number of hydrogen-bond acceptors (Lipinski definition) is 6. The number of amides is 1. The van der Waals surface area contributed by atoms with E-state index < -0.39 is 5.91 Å². The summed E-state index contributed by atoms with van der Waals surface area (Å²) in [6, 6.07) is 19.2. The molecule has 1 aromatic heterocycles. The smallest absolute Gasteiger partial charge is 0.272 e. The summed E-state index contributed by atoms with van der Waals surface area (Å²) in [5, 5.41) is 24.6. The maximum Gasteiger partial charge on any atom is 0.272 e. The van der Waals surface area contributed by atoms with Gasteiger partial charge in [-0.1, -0.05) is 11.6 Å². The van der Waals surface area contributed by atoms with Gasteiger partial charge in [0.2, 0.25) is 0 Å². The van der Waals surface area contributed by atoms with Gasteiger partial charge < -0.3 is 14.9 Å². The Labute approximate surface area is 203 Å². The van der Waals surface area contributed by atoms with Crippen molar-refractivity contribution in [3.05, 3.63) is 83.4 Å². The van der Waals surface area contributed by atoms with Crippen molar-refractivity contribution in [2.75, 3.05) is 0 Å². The number of phenolic OH excluding ortho intramolecular Hbond substituents is 2. The minimum Gasteiger partial charge on any atom is -0.508 e. The third kappa shape index (κ3) is 5.41. The molecular weight excluding hydrogens is 442 g/mol. The number of aromatic nitrogens is 1. The molecule has 4 aromatic rings. The zero-order chi connectivity index (χ0) is 25.1. The Kier molecular flexibility index (Phi) is 6.68. The Morgan fingerprint density at radius 3 is 2.43 bits per heavy atom. The minimum absolute atomic E-state index is 0.0104. The Balaban J connectivity index is 1.71. The molecule has 0 unspecified atom stereocenters. The molecule has 0 aliphatic heterocycles. The molecule has 0 radical (unpaired) electrons. The van der Waals surface area contributed by atoms with Gasteiger partial charge in [-0.25, -0.2) is 10.4 Å². The highest BCUT2D eigenvalue weighted by atomic mass is 16.5. The number of rotatable bonds is 6. The summed E-state index contributed by atoms with van der Waals surface area (Å²) in [5.41, 5.74) is 6.85. The second-order valence-corrected chi connectivity index (χ2v) is 8.61. The van der Waals surface area contributed by atoms with Crippen molar-refractivity contribution in [2.24, 2.45) is 5.10 Å². The van der Waals surface area contributed by atoms with Crippen molar-refractivity contribution in [2.45, 2.75) is 33.8 Å². The summed E-state index contributed by atoms with van der Waals surface area (Å²) in [5.74, 6) is 0.292. The van der Waals surface area contributed by atoms with Crippen LogP contribution in [0.5, 0.6) is 17.2 Å².